The summed E-state index contributed by atoms with van der Waals surface area (Å²) < 4.78 is 37.3. The molecule has 7 nitrogen and oxygen atoms in total. The van der Waals surface area contributed by atoms with Crippen molar-refractivity contribution in [2.24, 2.45) is 0 Å². The molecule has 0 saturated heterocycles. The third-order valence-electron chi connectivity index (χ3n) is 5.23. The maximum atomic E-state index is 12.7. The molecule has 1 N–H and O–H groups in total. The van der Waals surface area contributed by atoms with Gasteiger partial charge in [0.15, 0.2) is 0 Å². The molecule has 0 fully saturated rings. The standard InChI is InChI=1S/C23H30N2O5S/c1-23(2)16-18(17-10-5-7-12-20(17)30-23)24-22(26)14-9-15-25(31(4,27)28)19-11-6-8-13-21(19)29-3/h5-8,10-13,18H,9,14-16H2,1-4H3,(H,24,26)/t18-/m1/s1. The van der Waals surface area contributed by atoms with Gasteiger partial charge in [-0.2, -0.15) is 0 Å². The Labute approximate surface area is 184 Å². The van der Waals surface area contributed by atoms with Crippen LogP contribution in [0.4, 0.5) is 5.69 Å². The van der Waals surface area contributed by atoms with Crippen molar-refractivity contribution >= 4 is 21.6 Å². The number of anilines is 1. The van der Waals surface area contributed by atoms with Crippen LogP contribution in [-0.2, 0) is 14.8 Å². The molecule has 0 aromatic heterocycles. The second-order valence-corrected chi connectivity index (χ2v) is 10.2. The monoisotopic (exact) mass is 446 g/mol. The Morgan fingerprint density at radius 2 is 1.87 bits per heavy atom. The van der Waals surface area contributed by atoms with E-state index in [9.17, 15) is 13.2 Å². The third kappa shape index (κ3) is 5.70. The van der Waals surface area contributed by atoms with Crippen molar-refractivity contribution in [3.05, 3.63) is 54.1 Å². The average molecular weight is 447 g/mol. The Kier molecular flexibility index (Phi) is 6.79. The van der Waals surface area contributed by atoms with Gasteiger partial charge in [-0.15, -0.1) is 0 Å². The average Bonchev–Trinajstić information content (AvgIpc) is 2.69. The molecule has 1 atom stereocenters. The lowest BCUT2D eigenvalue weighted by atomic mass is 9.89. The normalized spacial score (nSPS) is 17.2. The second kappa shape index (κ2) is 9.18. The Hall–Kier alpha value is -2.74. The summed E-state index contributed by atoms with van der Waals surface area (Å²) in [4.78, 5) is 12.7. The second-order valence-electron chi connectivity index (χ2n) is 8.33. The Balaban J connectivity index is 1.65. The molecular formula is C23H30N2O5S. The number of carbonyl (C=O) groups excluding carboxylic acids is 1. The topological polar surface area (TPSA) is 84.9 Å². The van der Waals surface area contributed by atoms with Gasteiger partial charge < -0.3 is 14.8 Å². The molecule has 168 valence electrons. The Bertz CT molecular complexity index is 1040. The Morgan fingerprint density at radius 1 is 1.19 bits per heavy atom. The summed E-state index contributed by atoms with van der Waals surface area (Å²) in [7, 11) is -2.03. The van der Waals surface area contributed by atoms with Crippen molar-refractivity contribution < 1.29 is 22.7 Å². The molecule has 0 bridgehead atoms. The van der Waals surface area contributed by atoms with Crippen molar-refractivity contribution in [2.75, 3.05) is 24.2 Å². The number of benzene rings is 2. The number of ether oxygens (including phenoxy) is 2. The first-order valence-corrected chi connectivity index (χ1v) is 12.1. The van der Waals surface area contributed by atoms with Crippen LogP contribution in [0.5, 0.6) is 11.5 Å². The highest BCUT2D eigenvalue weighted by Crippen LogP contribution is 2.39. The minimum absolute atomic E-state index is 0.119. The highest BCUT2D eigenvalue weighted by molar-refractivity contribution is 7.92. The lowest BCUT2D eigenvalue weighted by molar-refractivity contribution is -0.122. The van der Waals surface area contributed by atoms with Gasteiger partial charge in [-0.25, -0.2) is 8.42 Å². The fourth-order valence-corrected chi connectivity index (χ4v) is 4.85. The summed E-state index contributed by atoms with van der Waals surface area (Å²) in [6, 6.07) is 14.5. The molecule has 1 amide bonds. The minimum Gasteiger partial charge on any atom is -0.495 e. The summed E-state index contributed by atoms with van der Waals surface area (Å²) in [5.41, 5.74) is 1.04. The number of hydrogen-bond donors (Lipinski definition) is 1. The highest BCUT2D eigenvalue weighted by atomic mass is 32.2. The number of fused-ring (bicyclic) bond motifs is 1. The zero-order chi connectivity index (χ0) is 22.6. The molecule has 0 unspecified atom stereocenters. The Morgan fingerprint density at radius 3 is 2.58 bits per heavy atom. The summed E-state index contributed by atoms with van der Waals surface area (Å²) in [6.45, 7) is 4.18. The summed E-state index contributed by atoms with van der Waals surface area (Å²) >= 11 is 0. The SMILES string of the molecule is COc1ccccc1N(CCCC(=O)N[C@@H]1CC(C)(C)Oc2ccccc21)S(C)(=O)=O. The van der Waals surface area contributed by atoms with Crippen LogP contribution in [0.15, 0.2) is 48.5 Å². The van der Waals surface area contributed by atoms with Crippen LogP contribution in [0, 0.1) is 0 Å². The zero-order valence-corrected chi connectivity index (χ0v) is 19.2. The largest absolute Gasteiger partial charge is 0.495 e. The van der Waals surface area contributed by atoms with Gasteiger partial charge in [0.1, 0.15) is 17.1 Å². The summed E-state index contributed by atoms with van der Waals surface area (Å²) in [5.74, 6) is 1.13. The summed E-state index contributed by atoms with van der Waals surface area (Å²) in [5, 5.41) is 3.09. The maximum absolute atomic E-state index is 12.7. The predicted octanol–water partition coefficient (Wildman–Crippen LogP) is 3.66. The maximum Gasteiger partial charge on any atom is 0.232 e. The molecular weight excluding hydrogens is 416 g/mol. The molecule has 1 aliphatic heterocycles. The molecule has 0 radical (unpaired) electrons. The van der Waals surface area contributed by atoms with Crippen molar-refractivity contribution in [1.82, 2.24) is 5.32 Å². The number of para-hydroxylation sites is 3. The van der Waals surface area contributed by atoms with Gasteiger partial charge in [-0.05, 0) is 38.5 Å². The van der Waals surface area contributed by atoms with E-state index in [4.69, 9.17) is 9.47 Å². The highest BCUT2D eigenvalue weighted by Gasteiger charge is 2.34. The van der Waals surface area contributed by atoms with E-state index in [1.54, 1.807) is 24.3 Å². The van der Waals surface area contributed by atoms with E-state index in [2.05, 4.69) is 5.32 Å². The molecule has 1 heterocycles. The van der Waals surface area contributed by atoms with E-state index in [0.717, 1.165) is 17.6 Å². The van der Waals surface area contributed by atoms with E-state index in [0.29, 0.717) is 24.3 Å². The number of amides is 1. The van der Waals surface area contributed by atoms with Crippen molar-refractivity contribution in [3.63, 3.8) is 0 Å². The van der Waals surface area contributed by atoms with Crippen molar-refractivity contribution in [3.8, 4) is 11.5 Å². The molecule has 0 aliphatic carbocycles. The van der Waals surface area contributed by atoms with E-state index in [1.165, 1.54) is 11.4 Å². The number of carbonyl (C=O) groups is 1. The van der Waals surface area contributed by atoms with Crippen LogP contribution in [0.2, 0.25) is 0 Å². The fraction of sp³-hybridized carbons (Fsp3) is 0.435. The van der Waals surface area contributed by atoms with Crippen LogP contribution < -0.4 is 19.1 Å². The minimum atomic E-state index is -3.53. The molecule has 0 spiro atoms. The molecule has 0 saturated carbocycles. The quantitative estimate of drug-likeness (QED) is 0.669. The molecule has 8 heteroatoms. The first kappa shape index (κ1) is 22.9. The number of rotatable bonds is 8. The van der Waals surface area contributed by atoms with Crippen LogP contribution >= 0.6 is 0 Å². The third-order valence-corrected chi connectivity index (χ3v) is 6.41. The first-order valence-electron chi connectivity index (χ1n) is 10.3. The van der Waals surface area contributed by atoms with Gasteiger partial charge >= 0.3 is 0 Å². The summed E-state index contributed by atoms with van der Waals surface area (Å²) in [6.07, 6.45) is 2.40. The lowest BCUT2D eigenvalue weighted by Gasteiger charge is -2.37. The number of nitrogens with one attached hydrogen (secondary N) is 1. The number of methoxy groups -OCH3 is 1. The van der Waals surface area contributed by atoms with Crippen LogP contribution in [0.25, 0.3) is 0 Å². The zero-order valence-electron chi connectivity index (χ0n) is 18.4. The van der Waals surface area contributed by atoms with Gasteiger partial charge in [0, 0.05) is 24.9 Å². The number of hydrogen-bond acceptors (Lipinski definition) is 5. The van der Waals surface area contributed by atoms with Crippen LogP contribution in [0.1, 0.15) is 44.7 Å². The van der Waals surface area contributed by atoms with Crippen LogP contribution in [0.3, 0.4) is 0 Å². The fourth-order valence-electron chi connectivity index (χ4n) is 3.88. The molecule has 31 heavy (non-hydrogen) atoms. The van der Waals surface area contributed by atoms with Gasteiger partial charge in [-0.3, -0.25) is 9.10 Å². The molecule has 3 rings (SSSR count). The number of nitrogens with zero attached hydrogens (tertiary/aromatic N) is 1. The van der Waals surface area contributed by atoms with Gasteiger partial charge in [0.25, 0.3) is 0 Å². The van der Waals surface area contributed by atoms with Gasteiger partial charge in [0.05, 0.1) is 25.1 Å². The van der Waals surface area contributed by atoms with E-state index in [1.807, 2.05) is 38.1 Å². The molecule has 2 aromatic rings. The smallest absolute Gasteiger partial charge is 0.232 e. The molecule has 2 aromatic carbocycles. The van der Waals surface area contributed by atoms with E-state index < -0.39 is 10.0 Å². The predicted molar refractivity (Wildman–Crippen MR) is 121 cm³/mol. The van der Waals surface area contributed by atoms with Crippen LogP contribution in [-0.4, -0.2) is 39.8 Å². The lowest BCUT2D eigenvalue weighted by Crippen LogP contribution is -2.41. The molecule has 1 aliphatic rings. The van der Waals surface area contributed by atoms with E-state index in [-0.39, 0.29) is 30.5 Å². The van der Waals surface area contributed by atoms with Crippen molar-refractivity contribution in [1.29, 1.82) is 0 Å². The van der Waals surface area contributed by atoms with E-state index >= 15 is 0 Å². The van der Waals surface area contributed by atoms with Crippen molar-refractivity contribution in [2.45, 2.75) is 44.8 Å². The first-order chi connectivity index (χ1) is 14.6. The van der Waals surface area contributed by atoms with Gasteiger partial charge in [-0.1, -0.05) is 30.3 Å². The van der Waals surface area contributed by atoms with Gasteiger partial charge in [0.2, 0.25) is 15.9 Å². The number of sulfonamides is 1.